The molecule has 11 heteroatoms. The molecule has 0 spiro atoms. The molecule has 35 heavy (non-hydrogen) atoms. The minimum Gasteiger partial charge on any atom is -0.340 e. The van der Waals surface area contributed by atoms with Crippen molar-refractivity contribution in [2.75, 3.05) is 5.32 Å². The number of halogens is 1. The van der Waals surface area contributed by atoms with Crippen molar-refractivity contribution < 1.29 is 14.5 Å². The van der Waals surface area contributed by atoms with Gasteiger partial charge in [-0.25, -0.2) is 0 Å². The van der Waals surface area contributed by atoms with Gasteiger partial charge in [-0.3, -0.25) is 25.0 Å². The van der Waals surface area contributed by atoms with Gasteiger partial charge in [0.05, 0.1) is 4.92 Å². The van der Waals surface area contributed by atoms with E-state index in [2.05, 4.69) is 20.8 Å². The summed E-state index contributed by atoms with van der Waals surface area (Å²) in [5, 5.41) is 25.9. The zero-order valence-electron chi connectivity index (χ0n) is 18.1. The number of rotatable bonds is 8. The van der Waals surface area contributed by atoms with E-state index in [-0.39, 0.29) is 22.8 Å². The maximum Gasteiger partial charge on any atom is 0.269 e. The second kappa shape index (κ2) is 10.9. The van der Waals surface area contributed by atoms with Crippen molar-refractivity contribution in [1.29, 1.82) is 0 Å². The predicted octanol–water partition coefficient (Wildman–Crippen LogP) is 4.75. The standard InChI is InChI=1S/C24H18ClN5O4S/c25-18-10-6-17(7-11-18)23-28-29-24(35-23)27-22(32)20(14-15-4-2-1-3-5-15)26-21(31)16-8-12-19(13-9-16)30(33)34/h1-13,20H,14H2,(H,26,31)(H,27,29,32)/t20-/m1/s1. The third-order valence-electron chi connectivity index (χ3n) is 4.99. The fourth-order valence-electron chi connectivity index (χ4n) is 3.21. The average Bonchev–Trinajstić information content (AvgIpc) is 3.33. The summed E-state index contributed by atoms with van der Waals surface area (Å²) in [4.78, 5) is 36.2. The van der Waals surface area contributed by atoms with Crippen molar-refractivity contribution >= 4 is 45.6 Å². The molecule has 0 radical (unpaired) electrons. The molecule has 0 fully saturated rings. The Hall–Kier alpha value is -4.15. The summed E-state index contributed by atoms with van der Waals surface area (Å²) in [5.41, 5.74) is 1.71. The number of non-ortho nitro benzene ring substituents is 1. The molecule has 0 unspecified atom stereocenters. The lowest BCUT2D eigenvalue weighted by Crippen LogP contribution is -2.45. The Labute approximate surface area is 208 Å². The quantitative estimate of drug-likeness (QED) is 0.262. The maximum absolute atomic E-state index is 13.1. The molecule has 0 aliphatic rings. The molecular weight excluding hydrogens is 490 g/mol. The Balaban J connectivity index is 1.50. The van der Waals surface area contributed by atoms with Crippen molar-refractivity contribution in [3.05, 3.63) is 105 Å². The normalized spacial score (nSPS) is 11.5. The summed E-state index contributed by atoms with van der Waals surface area (Å²) in [6.45, 7) is 0. The van der Waals surface area contributed by atoms with Gasteiger partial charge in [0.15, 0.2) is 0 Å². The van der Waals surface area contributed by atoms with Crippen LogP contribution >= 0.6 is 22.9 Å². The second-order valence-corrected chi connectivity index (χ2v) is 8.84. The molecule has 9 nitrogen and oxygen atoms in total. The topological polar surface area (TPSA) is 127 Å². The zero-order chi connectivity index (χ0) is 24.8. The largest absolute Gasteiger partial charge is 0.340 e. The first-order valence-electron chi connectivity index (χ1n) is 10.4. The van der Waals surface area contributed by atoms with E-state index >= 15 is 0 Å². The summed E-state index contributed by atoms with van der Waals surface area (Å²) in [7, 11) is 0. The molecule has 0 aliphatic carbocycles. The van der Waals surface area contributed by atoms with E-state index in [1.807, 2.05) is 30.3 Å². The van der Waals surface area contributed by atoms with Gasteiger partial charge in [-0.1, -0.05) is 65.4 Å². The van der Waals surface area contributed by atoms with E-state index in [1.165, 1.54) is 35.6 Å². The van der Waals surface area contributed by atoms with E-state index in [0.717, 1.165) is 11.1 Å². The first kappa shape index (κ1) is 24.0. The van der Waals surface area contributed by atoms with Gasteiger partial charge in [0.1, 0.15) is 11.0 Å². The third kappa shape index (κ3) is 6.25. The Morgan fingerprint density at radius 1 is 0.971 bits per heavy atom. The summed E-state index contributed by atoms with van der Waals surface area (Å²) in [6.07, 6.45) is 0.230. The van der Waals surface area contributed by atoms with Gasteiger partial charge in [-0.2, -0.15) is 0 Å². The zero-order valence-corrected chi connectivity index (χ0v) is 19.6. The SMILES string of the molecule is O=C(N[C@H](Cc1ccccc1)C(=O)Nc1nnc(-c2ccc(Cl)cc2)s1)c1ccc([N+](=O)[O-])cc1. The Bertz CT molecular complexity index is 1340. The van der Waals surface area contributed by atoms with E-state index < -0.39 is 22.8 Å². The highest BCUT2D eigenvalue weighted by atomic mass is 35.5. The molecule has 1 heterocycles. The van der Waals surface area contributed by atoms with Crippen LogP contribution in [0.2, 0.25) is 5.02 Å². The van der Waals surface area contributed by atoms with E-state index in [1.54, 1.807) is 24.3 Å². The number of nitrogens with one attached hydrogen (secondary N) is 2. The number of hydrogen-bond acceptors (Lipinski definition) is 7. The summed E-state index contributed by atoms with van der Waals surface area (Å²) >= 11 is 7.12. The van der Waals surface area contributed by atoms with Crippen LogP contribution in [-0.4, -0.2) is 33.0 Å². The van der Waals surface area contributed by atoms with Gasteiger partial charge in [0.2, 0.25) is 11.0 Å². The molecule has 0 bridgehead atoms. The van der Waals surface area contributed by atoms with Crippen molar-refractivity contribution in [2.24, 2.45) is 0 Å². The smallest absolute Gasteiger partial charge is 0.269 e. The molecule has 4 aromatic rings. The first-order valence-corrected chi connectivity index (χ1v) is 11.6. The van der Waals surface area contributed by atoms with E-state index in [0.29, 0.717) is 10.0 Å². The van der Waals surface area contributed by atoms with Crippen molar-refractivity contribution in [2.45, 2.75) is 12.5 Å². The van der Waals surface area contributed by atoms with Crippen molar-refractivity contribution in [3.63, 3.8) is 0 Å². The van der Waals surface area contributed by atoms with Gasteiger partial charge in [-0.05, 0) is 29.8 Å². The number of aromatic nitrogens is 2. The fraction of sp³-hybridized carbons (Fsp3) is 0.0833. The highest BCUT2D eigenvalue weighted by Crippen LogP contribution is 2.27. The second-order valence-electron chi connectivity index (χ2n) is 7.43. The minimum atomic E-state index is -0.928. The van der Waals surface area contributed by atoms with Crippen molar-refractivity contribution in [1.82, 2.24) is 15.5 Å². The average molecular weight is 508 g/mol. The lowest BCUT2D eigenvalue weighted by molar-refractivity contribution is -0.384. The molecule has 0 aliphatic heterocycles. The van der Waals surface area contributed by atoms with Gasteiger partial charge < -0.3 is 5.32 Å². The number of carbonyl (C=O) groups is 2. The molecule has 1 atom stereocenters. The van der Waals surface area contributed by atoms with Crippen molar-refractivity contribution in [3.8, 4) is 10.6 Å². The Morgan fingerprint density at radius 3 is 2.31 bits per heavy atom. The molecule has 0 saturated heterocycles. The molecular formula is C24H18ClN5O4S. The summed E-state index contributed by atoms with van der Waals surface area (Å²) < 4.78 is 0. The van der Waals surface area contributed by atoms with Crippen LogP contribution in [0, 0.1) is 10.1 Å². The molecule has 1 aromatic heterocycles. The number of benzene rings is 3. The predicted molar refractivity (Wildman–Crippen MR) is 133 cm³/mol. The van der Waals surface area contributed by atoms with Gasteiger partial charge in [0, 0.05) is 34.7 Å². The van der Waals surface area contributed by atoms with Crippen LogP contribution in [0.3, 0.4) is 0 Å². The number of hydrogen-bond donors (Lipinski definition) is 2. The minimum absolute atomic E-state index is 0.132. The van der Waals surface area contributed by atoms with E-state index in [9.17, 15) is 19.7 Å². The van der Waals surface area contributed by atoms with Gasteiger partial charge >= 0.3 is 0 Å². The molecule has 2 amide bonds. The molecule has 3 aromatic carbocycles. The lowest BCUT2D eigenvalue weighted by atomic mass is 10.0. The molecule has 4 rings (SSSR count). The Kier molecular flexibility index (Phi) is 7.44. The van der Waals surface area contributed by atoms with Gasteiger partial charge in [-0.15, -0.1) is 10.2 Å². The monoisotopic (exact) mass is 507 g/mol. The first-order chi connectivity index (χ1) is 16.9. The number of anilines is 1. The van der Waals surface area contributed by atoms with Crippen LogP contribution in [0.4, 0.5) is 10.8 Å². The Morgan fingerprint density at radius 2 is 1.66 bits per heavy atom. The maximum atomic E-state index is 13.1. The number of nitro benzene ring substituents is 1. The van der Waals surface area contributed by atoms with Crippen LogP contribution in [0.1, 0.15) is 15.9 Å². The molecule has 0 saturated carbocycles. The fourth-order valence-corrected chi connectivity index (χ4v) is 4.09. The highest BCUT2D eigenvalue weighted by molar-refractivity contribution is 7.18. The van der Waals surface area contributed by atoms with E-state index in [4.69, 9.17) is 11.6 Å². The number of carbonyl (C=O) groups excluding carboxylic acids is 2. The van der Waals surface area contributed by atoms with Crippen LogP contribution < -0.4 is 10.6 Å². The van der Waals surface area contributed by atoms with Crippen LogP contribution in [-0.2, 0) is 11.2 Å². The lowest BCUT2D eigenvalue weighted by Gasteiger charge is -2.18. The summed E-state index contributed by atoms with van der Waals surface area (Å²) in [5.74, 6) is -1.00. The highest BCUT2D eigenvalue weighted by Gasteiger charge is 2.24. The van der Waals surface area contributed by atoms with Crippen LogP contribution in [0.5, 0.6) is 0 Å². The van der Waals surface area contributed by atoms with Gasteiger partial charge in [0.25, 0.3) is 11.6 Å². The third-order valence-corrected chi connectivity index (χ3v) is 6.13. The number of amides is 2. The van der Waals surface area contributed by atoms with Crippen LogP contribution in [0.15, 0.2) is 78.9 Å². The number of nitrogens with zero attached hydrogens (tertiary/aromatic N) is 3. The molecule has 176 valence electrons. The number of nitro groups is 1. The summed E-state index contributed by atoms with van der Waals surface area (Å²) in [6, 6.07) is 20.5. The molecule has 2 N–H and O–H groups in total. The van der Waals surface area contributed by atoms with Crippen LogP contribution in [0.25, 0.3) is 10.6 Å².